The van der Waals surface area contributed by atoms with E-state index < -0.39 is 10.1 Å². The third-order valence-electron chi connectivity index (χ3n) is 3.55. The summed E-state index contributed by atoms with van der Waals surface area (Å²) in [5.74, 6) is -0.208. The molecule has 0 fully saturated rings. The van der Waals surface area contributed by atoms with Crippen molar-refractivity contribution in [3.8, 4) is 0 Å². The van der Waals surface area contributed by atoms with E-state index in [-0.39, 0.29) is 11.9 Å². The Bertz CT molecular complexity index is 320. The zero-order chi connectivity index (χ0) is 16.0. The Kier molecular flexibility index (Phi) is 13.4. The van der Waals surface area contributed by atoms with Crippen molar-refractivity contribution in [1.29, 1.82) is 0 Å². The van der Waals surface area contributed by atoms with Crippen LogP contribution in [0.1, 0.15) is 71.1 Å². The predicted octanol–water partition coefficient (Wildman–Crippen LogP) is 2.75. The molecule has 128 valence electrons. The van der Waals surface area contributed by atoms with Crippen molar-refractivity contribution < 1.29 is 18.1 Å². The van der Waals surface area contributed by atoms with Gasteiger partial charge in [0, 0.05) is 0 Å². The molecule has 5 nitrogen and oxygen atoms in total. The first-order valence-corrected chi connectivity index (χ1v) is 9.90. The van der Waals surface area contributed by atoms with Gasteiger partial charge in [-0.05, 0) is 32.4 Å². The van der Waals surface area contributed by atoms with Crippen LogP contribution in [0.4, 0.5) is 0 Å². The molecule has 0 aliphatic rings. The van der Waals surface area contributed by atoms with Gasteiger partial charge in [0.25, 0.3) is 10.1 Å². The third kappa shape index (κ3) is 17.8. The SMILES string of the molecule is CCCCCCCCCC(O)CCNCCCS(=O)(=O)O. The summed E-state index contributed by atoms with van der Waals surface area (Å²) in [5, 5.41) is 12.9. The molecule has 1 unspecified atom stereocenters. The van der Waals surface area contributed by atoms with Gasteiger partial charge >= 0.3 is 0 Å². The average Bonchev–Trinajstić information content (AvgIpc) is 2.40. The Balaban J connectivity index is 3.25. The zero-order valence-electron chi connectivity index (χ0n) is 13.4. The molecule has 0 rings (SSSR count). The van der Waals surface area contributed by atoms with Crippen LogP contribution in [-0.4, -0.2) is 43.0 Å². The Morgan fingerprint density at radius 2 is 1.52 bits per heavy atom. The number of nitrogens with one attached hydrogen (secondary N) is 1. The highest BCUT2D eigenvalue weighted by Crippen LogP contribution is 2.10. The maximum Gasteiger partial charge on any atom is 0.264 e. The molecule has 0 aliphatic heterocycles. The van der Waals surface area contributed by atoms with Gasteiger partial charge in [-0.2, -0.15) is 8.42 Å². The van der Waals surface area contributed by atoms with Gasteiger partial charge in [-0.15, -0.1) is 0 Å². The molecule has 0 aromatic carbocycles. The lowest BCUT2D eigenvalue weighted by molar-refractivity contribution is 0.150. The summed E-state index contributed by atoms with van der Waals surface area (Å²) in [4.78, 5) is 0. The molecule has 0 bridgehead atoms. The van der Waals surface area contributed by atoms with Crippen LogP contribution < -0.4 is 5.32 Å². The highest BCUT2D eigenvalue weighted by molar-refractivity contribution is 7.85. The molecule has 0 amide bonds. The molecule has 0 saturated carbocycles. The molecular weight excluding hydrogens is 290 g/mol. The van der Waals surface area contributed by atoms with Crippen LogP contribution in [0.15, 0.2) is 0 Å². The second-order valence-electron chi connectivity index (χ2n) is 5.74. The highest BCUT2D eigenvalue weighted by atomic mass is 32.2. The summed E-state index contributed by atoms with van der Waals surface area (Å²) in [5.41, 5.74) is 0. The lowest BCUT2D eigenvalue weighted by Gasteiger charge is -2.11. The first-order valence-electron chi connectivity index (χ1n) is 8.29. The second kappa shape index (κ2) is 13.5. The predicted molar refractivity (Wildman–Crippen MR) is 87.1 cm³/mol. The quantitative estimate of drug-likeness (QED) is 0.319. The maximum atomic E-state index is 10.5. The minimum absolute atomic E-state index is 0.208. The van der Waals surface area contributed by atoms with Crippen LogP contribution in [0.5, 0.6) is 0 Å². The van der Waals surface area contributed by atoms with Gasteiger partial charge in [0.1, 0.15) is 0 Å². The molecule has 0 saturated heterocycles. The number of aliphatic hydroxyl groups excluding tert-OH is 1. The summed E-state index contributed by atoms with van der Waals surface area (Å²) < 4.78 is 29.5. The van der Waals surface area contributed by atoms with Crippen molar-refractivity contribution >= 4 is 10.1 Å². The van der Waals surface area contributed by atoms with E-state index >= 15 is 0 Å². The summed E-state index contributed by atoms with van der Waals surface area (Å²) >= 11 is 0. The van der Waals surface area contributed by atoms with Gasteiger partial charge in [0.2, 0.25) is 0 Å². The molecule has 0 aliphatic carbocycles. The normalized spacial score (nSPS) is 13.5. The standard InChI is InChI=1S/C15H33NO4S/c1-2-3-4-5-6-7-8-10-15(17)11-13-16-12-9-14-21(18,19)20/h15-17H,2-14H2,1H3,(H,18,19,20). The molecule has 0 aromatic heterocycles. The van der Waals surface area contributed by atoms with Crippen LogP contribution in [-0.2, 0) is 10.1 Å². The monoisotopic (exact) mass is 323 g/mol. The van der Waals surface area contributed by atoms with E-state index in [0.717, 1.165) is 12.8 Å². The van der Waals surface area contributed by atoms with Crippen LogP contribution in [0, 0.1) is 0 Å². The van der Waals surface area contributed by atoms with Crippen LogP contribution in [0.2, 0.25) is 0 Å². The molecule has 21 heavy (non-hydrogen) atoms. The second-order valence-corrected chi connectivity index (χ2v) is 7.31. The van der Waals surface area contributed by atoms with E-state index in [1.807, 2.05) is 0 Å². The first-order chi connectivity index (χ1) is 9.95. The molecule has 1 atom stereocenters. The van der Waals surface area contributed by atoms with E-state index in [2.05, 4.69) is 12.2 Å². The van der Waals surface area contributed by atoms with E-state index in [1.54, 1.807) is 0 Å². The van der Waals surface area contributed by atoms with Crippen molar-refractivity contribution in [2.75, 3.05) is 18.8 Å². The lowest BCUT2D eigenvalue weighted by Crippen LogP contribution is -2.23. The van der Waals surface area contributed by atoms with Crippen molar-refractivity contribution in [1.82, 2.24) is 5.32 Å². The van der Waals surface area contributed by atoms with Crippen LogP contribution >= 0.6 is 0 Å². The van der Waals surface area contributed by atoms with Crippen LogP contribution in [0.3, 0.4) is 0 Å². The molecular formula is C15H33NO4S. The fourth-order valence-electron chi connectivity index (χ4n) is 2.25. The molecule has 0 radical (unpaired) electrons. The van der Waals surface area contributed by atoms with E-state index in [1.165, 1.54) is 38.5 Å². The molecule has 0 aromatic rings. The Morgan fingerprint density at radius 3 is 2.14 bits per heavy atom. The number of aliphatic hydroxyl groups is 1. The van der Waals surface area contributed by atoms with Gasteiger partial charge in [-0.1, -0.05) is 51.9 Å². The Labute approximate surface area is 130 Å². The molecule has 0 spiro atoms. The fraction of sp³-hybridized carbons (Fsp3) is 1.00. The number of rotatable bonds is 15. The number of hydrogen-bond donors (Lipinski definition) is 3. The largest absolute Gasteiger partial charge is 0.393 e. The average molecular weight is 323 g/mol. The van der Waals surface area contributed by atoms with Crippen molar-refractivity contribution in [3.63, 3.8) is 0 Å². The smallest absolute Gasteiger partial charge is 0.264 e. The number of hydrogen-bond acceptors (Lipinski definition) is 4. The Hall–Kier alpha value is -0.170. The van der Waals surface area contributed by atoms with Crippen molar-refractivity contribution in [3.05, 3.63) is 0 Å². The number of unbranched alkanes of at least 4 members (excludes halogenated alkanes) is 6. The first kappa shape index (κ1) is 20.8. The third-order valence-corrected chi connectivity index (χ3v) is 4.36. The van der Waals surface area contributed by atoms with E-state index in [9.17, 15) is 13.5 Å². The zero-order valence-corrected chi connectivity index (χ0v) is 14.2. The topological polar surface area (TPSA) is 86.6 Å². The minimum Gasteiger partial charge on any atom is -0.393 e. The summed E-state index contributed by atoms with van der Waals surface area (Å²) in [7, 11) is -3.84. The van der Waals surface area contributed by atoms with Crippen molar-refractivity contribution in [2.24, 2.45) is 0 Å². The lowest BCUT2D eigenvalue weighted by atomic mass is 10.0. The molecule has 0 heterocycles. The van der Waals surface area contributed by atoms with E-state index in [0.29, 0.717) is 25.9 Å². The summed E-state index contributed by atoms with van der Waals surface area (Å²) in [6.45, 7) is 3.44. The van der Waals surface area contributed by atoms with Gasteiger partial charge in [-0.25, -0.2) is 0 Å². The molecule has 3 N–H and O–H groups in total. The van der Waals surface area contributed by atoms with Gasteiger partial charge < -0.3 is 10.4 Å². The summed E-state index contributed by atoms with van der Waals surface area (Å²) in [6, 6.07) is 0. The van der Waals surface area contributed by atoms with Crippen molar-refractivity contribution in [2.45, 2.75) is 77.2 Å². The maximum absolute atomic E-state index is 10.5. The molecule has 6 heteroatoms. The van der Waals surface area contributed by atoms with Crippen LogP contribution in [0.25, 0.3) is 0 Å². The van der Waals surface area contributed by atoms with Gasteiger partial charge in [0.05, 0.1) is 11.9 Å². The van der Waals surface area contributed by atoms with Gasteiger partial charge in [-0.3, -0.25) is 4.55 Å². The summed E-state index contributed by atoms with van der Waals surface area (Å²) in [6.07, 6.45) is 10.4. The van der Waals surface area contributed by atoms with Gasteiger partial charge in [0.15, 0.2) is 0 Å². The Morgan fingerprint density at radius 1 is 0.905 bits per heavy atom. The van der Waals surface area contributed by atoms with E-state index in [4.69, 9.17) is 4.55 Å². The minimum atomic E-state index is -3.84. The fourth-order valence-corrected chi connectivity index (χ4v) is 2.76. The highest BCUT2D eigenvalue weighted by Gasteiger charge is 2.05.